The molecule has 0 aliphatic rings. The average Bonchev–Trinajstić information content (AvgIpc) is 2.50. The predicted octanol–water partition coefficient (Wildman–Crippen LogP) is -0.122. The highest BCUT2D eigenvalue weighted by Crippen LogP contribution is 2.08. The molecule has 1 atom stereocenters. The van der Waals surface area contributed by atoms with Crippen molar-refractivity contribution in [2.24, 2.45) is 5.73 Å². The second kappa shape index (κ2) is 3.19. The maximum Gasteiger partial charge on any atom is 0.101 e. The number of nitrogens with zero attached hydrogens (tertiary/aromatic N) is 1. The van der Waals surface area contributed by atoms with Gasteiger partial charge in [0.25, 0.3) is 0 Å². The van der Waals surface area contributed by atoms with Crippen molar-refractivity contribution in [3.8, 4) is 6.07 Å². The molecule has 4 N–H and O–H groups in total. The van der Waals surface area contributed by atoms with E-state index in [1.54, 1.807) is 12.3 Å². The normalized spacial score (nSPS) is 12.5. The SMILES string of the molecule is N#Cc1c[nH]c([C@@H](N)CO)c1. The van der Waals surface area contributed by atoms with Gasteiger partial charge in [-0.1, -0.05) is 0 Å². The van der Waals surface area contributed by atoms with Crippen LogP contribution in [0.15, 0.2) is 12.3 Å². The van der Waals surface area contributed by atoms with Crippen molar-refractivity contribution in [2.75, 3.05) is 6.61 Å². The van der Waals surface area contributed by atoms with Crippen LogP contribution in [0.3, 0.4) is 0 Å². The molecule has 11 heavy (non-hydrogen) atoms. The third-order valence-corrected chi connectivity index (χ3v) is 1.43. The van der Waals surface area contributed by atoms with Gasteiger partial charge in [-0.25, -0.2) is 0 Å². The Bertz CT molecular complexity index is 273. The van der Waals surface area contributed by atoms with Gasteiger partial charge in [-0.2, -0.15) is 5.26 Å². The second-order valence-corrected chi connectivity index (χ2v) is 2.24. The number of aromatic amines is 1. The van der Waals surface area contributed by atoms with E-state index in [1.165, 1.54) is 0 Å². The van der Waals surface area contributed by atoms with Gasteiger partial charge in [0.05, 0.1) is 18.2 Å². The van der Waals surface area contributed by atoms with Gasteiger partial charge in [-0.15, -0.1) is 0 Å². The van der Waals surface area contributed by atoms with Crippen molar-refractivity contribution in [1.29, 1.82) is 5.26 Å². The number of hydrogen-bond acceptors (Lipinski definition) is 3. The van der Waals surface area contributed by atoms with Crippen molar-refractivity contribution in [1.82, 2.24) is 4.98 Å². The molecule has 0 aliphatic carbocycles. The lowest BCUT2D eigenvalue weighted by Crippen LogP contribution is -2.14. The second-order valence-electron chi connectivity index (χ2n) is 2.24. The Hall–Kier alpha value is -1.31. The zero-order chi connectivity index (χ0) is 8.27. The Balaban J connectivity index is 2.82. The Morgan fingerprint density at radius 1 is 1.82 bits per heavy atom. The lowest BCUT2D eigenvalue weighted by Gasteiger charge is -2.02. The van der Waals surface area contributed by atoms with Crippen molar-refractivity contribution in [2.45, 2.75) is 6.04 Å². The largest absolute Gasteiger partial charge is 0.394 e. The van der Waals surface area contributed by atoms with Gasteiger partial charge in [0.1, 0.15) is 6.07 Å². The molecule has 0 aromatic carbocycles. The van der Waals surface area contributed by atoms with Crippen LogP contribution < -0.4 is 5.73 Å². The van der Waals surface area contributed by atoms with Gasteiger partial charge < -0.3 is 15.8 Å². The Labute approximate surface area is 64.3 Å². The van der Waals surface area contributed by atoms with Gasteiger partial charge in [0.2, 0.25) is 0 Å². The fourth-order valence-electron chi connectivity index (χ4n) is 0.789. The Morgan fingerprint density at radius 2 is 2.55 bits per heavy atom. The third-order valence-electron chi connectivity index (χ3n) is 1.43. The van der Waals surface area contributed by atoms with Crippen LogP contribution in [0.5, 0.6) is 0 Å². The Morgan fingerprint density at radius 3 is 3.00 bits per heavy atom. The van der Waals surface area contributed by atoms with Gasteiger partial charge in [0.15, 0.2) is 0 Å². The molecule has 0 saturated heterocycles. The van der Waals surface area contributed by atoms with E-state index in [-0.39, 0.29) is 6.61 Å². The summed E-state index contributed by atoms with van der Waals surface area (Å²) >= 11 is 0. The van der Waals surface area contributed by atoms with Crippen molar-refractivity contribution < 1.29 is 5.11 Å². The minimum atomic E-state index is -0.419. The zero-order valence-electron chi connectivity index (χ0n) is 5.91. The molecule has 4 nitrogen and oxygen atoms in total. The predicted molar refractivity (Wildman–Crippen MR) is 39.5 cm³/mol. The molecule has 0 saturated carbocycles. The van der Waals surface area contributed by atoms with Gasteiger partial charge in [-0.05, 0) is 6.07 Å². The molecular weight excluding hydrogens is 142 g/mol. The van der Waals surface area contributed by atoms with E-state index in [9.17, 15) is 0 Å². The first-order chi connectivity index (χ1) is 5.27. The fraction of sp³-hybridized carbons (Fsp3) is 0.286. The lowest BCUT2D eigenvalue weighted by molar-refractivity contribution is 0.266. The maximum atomic E-state index is 8.64. The van der Waals surface area contributed by atoms with Crippen molar-refractivity contribution in [3.63, 3.8) is 0 Å². The van der Waals surface area contributed by atoms with E-state index < -0.39 is 6.04 Å². The van der Waals surface area contributed by atoms with Crippen LogP contribution in [0.2, 0.25) is 0 Å². The topological polar surface area (TPSA) is 85.8 Å². The number of aliphatic hydroxyl groups excluding tert-OH is 1. The molecule has 0 aliphatic heterocycles. The highest BCUT2D eigenvalue weighted by molar-refractivity contribution is 5.30. The molecule has 0 spiro atoms. The number of H-pyrrole nitrogens is 1. The molecule has 0 fully saturated rings. The van der Waals surface area contributed by atoms with Gasteiger partial charge in [-0.3, -0.25) is 0 Å². The molecule has 1 heterocycles. The van der Waals surface area contributed by atoms with Crippen LogP contribution in [-0.2, 0) is 0 Å². The molecule has 58 valence electrons. The zero-order valence-corrected chi connectivity index (χ0v) is 5.91. The van der Waals surface area contributed by atoms with E-state index in [4.69, 9.17) is 16.1 Å². The van der Waals surface area contributed by atoms with Gasteiger partial charge in [0, 0.05) is 11.9 Å². The smallest absolute Gasteiger partial charge is 0.101 e. The van der Waals surface area contributed by atoms with Crippen LogP contribution in [0.1, 0.15) is 17.3 Å². The highest BCUT2D eigenvalue weighted by Gasteiger charge is 2.05. The number of nitrogens with one attached hydrogen (secondary N) is 1. The summed E-state index contributed by atoms with van der Waals surface area (Å²) in [7, 11) is 0. The van der Waals surface area contributed by atoms with Crippen molar-refractivity contribution in [3.05, 3.63) is 23.5 Å². The number of nitrogens with two attached hydrogens (primary N) is 1. The summed E-state index contributed by atoms with van der Waals surface area (Å²) in [5, 5.41) is 17.1. The van der Waals surface area contributed by atoms with E-state index in [0.717, 1.165) is 0 Å². The minimum Gasteiger partial charge on any atom is -0.394 e. The molecule has 4 heteroatoms. The van der Waals surface area contributed by atoms with Crippen LogP contribution in [0.25, 0.3) is 0 Å². The highest BCUT2D eigenvalue weighted by atomic mass is 16.3. The molecule has 1 aromatic heterocycles. The van der Waals surface area contributed by atoms with E-state index >= 15 is 0 Å². The summed E-state index contributed by atoms with van der Waals surface area (Å²) in [5.41, 5.74) is 6.69. The summed E-state index contributed by atoms with van der Waals surface area (Å²) in [6.45, 7) is -0.120. The maximum absolute atomic E-state index is 8.64. The quantitative estimate of drug-likeness (QED) is 0.550. The Kier molecular flexibility index (Phi) is 2.26. The lowest BCUT2D eigenvalue weighted by atomic mass is 10.2. The standard InChI is InChI=1S/C7H9N3O/c8-2-5-1-7(10-3-5)6(9)4-11/h1,3,6,10-11H,4,9H2/t6-/m0/s1. The third kappa shape index (κ3) is 1.58. The number of aromatic nitrogens is 1. The van der Waals surface area contributed by atoms with Crippen LogP contribution in [0, 0.1) is 11.3 Å². The molecule has 1 aromatic rings. The first-order valence-corrected chi connectivity index (χ1v) is 3.22. The van der Waals surface area contributed by atoms with E-state index in [1.807, 2.05) is 6.07 Å². The first-order valence-electron chi connectivity index (χ1n) is 3.22. The molecule has 0 radical (unpaired) electrons. The fourth-order valence-corrected chi connectivity index (χ4v) is 0.789. The summed E-state index contributed by atoms with van der Waals surface area (Å²) in [6, 6.07) is 3.16. The minimum absolute atomic E-state index is 0.120. The number of nitriles is 1. The van der Waals surface area contributed by atoms with Crippen LogP contribution in [-0.4, -0.2) is 16.7 Å². The summed E-state index contributed by atoms with van der Waals surface area (Å²) in [6.07, 6.45) is 1.56. The monoisotopic (exact) mass is 151 g/mol. The summed E-state index contributed by atoms with van der Waals surface area (Å²) in [4.78, 5) is 2.80. The molecule has 0 bridgehead atoms. The van der Waals surface area contributed by atoms with E-state index in [2.05, 4.69) is 4.98 Å². The molecule has 0 amide bonds. The molecular formula is C7H9N3O. The first kappa shape index (κ1) is 7.79. The molecule has 0 unspecified atom stereocenters. The van der Waals surface area contributed by atoms with Crippen LogP contribution in [0.4, 0.5) is 0 Å². The summed E-state index contributed by atoms with van der Waals surface area (Å²) < 4.78 is 0. The van der Waals surface area contributed by atoms with Crippen molar-refractivity contribution >= 4 is 0 Å². The van der Waals surface area contributed by atoms with E-state index in [0.29, 0.717) is 11.3 Å². The number of hydrogen-bond donors (Lipinski definition) is 3. The average molecular weight is 151 g/mol. The van der Waals surface area contributed by atoms with Gasteiger partial charge >= 0.3 is 0 Å². The number of aliphatic hydroxyl groups is 1. The molecule has 1 rings (SSSR count). The number of rotatable bonds is 2. The van der Waals surface area contributed by atoms with Crippen LogP contribution >= 0.6 is 0 Å². The summed E-state index contributed by atoms with van der Waals surface area (Å²) in [5.74, 6) is 0.